The summed E-state index contributed by atoms with van der Waals surface area (Å²) in [4.78, 5) is 2.42. The maximum Gasteiger partial charge on any atom is 0.0399 e. The van der Waals surface area contributed by atoms with Crippen LogP contribution in [0.3, 0.4) is 0 Å². The first kappa shape index (κ1) is 9.32. The molecule has 1 heterocycles. The summed E-state index contributed by atoms with van der Waals surface area (Å²) in [5, 5.41) is 0. The molecule has 14 heavy (non-hydrogen) atoms. The van der Waals surface area contributed by atoms with Crippen molar-refractivity contribution in [3.05, 3.63) is 42.0 Å². The minimum Gasteiger partial charge on any atom is -0.367 e. The van der Waals surface area contributed by atoms with Crippen LogP contribution >= 0.6 is 0 Å². The van der Waals surface area contributed by atoms with Gasteiger partial charge >= 0.3 is 0 Å². The lowest BCUT2D eigenvalue weighted by molar-refractivity contribution is 0.758. The average molecular weight is 187 g/mol. The van der Waals surface area contributed by atoms with Gasteiger partial charge in [-0.2, -0.15) is 0 Å². The van der Waals surface area contributed by atoms with Crippen LogP contribution in [-0.2, 0) is 0 Å². The second-order valence-corrected chi connectivity index (χ2v) is 4.23. The lowest BCUT2D eigenvalue weighted by Crippen LogP contribution is -2.19. The lowest BCUT2D eigenvalue weighted by Gasteiger charge is -2.19. The largest absolute Gasteiger partial charge is 0.367 e. The van der Waals surface area contributed by atoms with E-state index in [0.29, 0.717) is 5.92 Å². The molecular formula is C13H17N. The van der Waals surface area contributed by atoms with Crippen molar-refractivity contribution in [1.82, 2.24) is 0 Å². The van der Waals surface area contributed by atoms with Gasteiger partial charge in [-0.3, -0.25) is 0 Å². The van der Waals surface area contributed by atoms with E-state index in [9.17, 15) is 0 Å². The van der Waals surface area contributed by atoms with E-state index in [1.807, 2.05) is 0 Å². The van der Waals surface area contributed by atoms with Crippen molar-refractivity contribution in [2.75, 3.05) is 18.0 Å². The van der Waals surface area contributed by atoms with Crippen molar-refractivity contribution < 1.29 is 0 Å². The number of nitrogens with zero attached hydrogens (tertiary/aromatic N) is 1. The van der Waals surface area contributed by atoms with Gasteiger partial charge in [0.1, 0.15) is 0 Å². The first-order chi connectivity index (χ1) is 6.68. The van der Waals surface area contributed by atoms with Gasteiger partial charge in [0, 0.05) is 18.8 Å². The van der Waals surface area contributed by atoms with Crippen LogP contribution in [0.25, 0.3) is 0 Å². The fourth-order valence-corrected chi connectivity index (χ4v) is 2.03. The summed E-state index contributed by atoms with van der Waals surface area (Å²) in [6.07, 6.45) is 0. The first-order valence-electron chi connectivity index (χ1n) is 5.16. The summed E-state index contributed by atoms with van der Waals surface area (Å²) in [7, 11) is 0. The Hall–Kier alpha value is -1.24. The third-order valence-corrected chi connectivity index (χ3v) is 3.04. The van der Waals surface area contributed by atoms with E-state index in [1.165, 1.54) is 16.8 Å². The molecule has 1 nitrogen and oxygen atoms in total. The summed E-state index contributed by atoms with van der Waals surface area (Å²) < 4.78 is 0. The highest BCUT2D eigenvalue weighted by Gasteiger charge is 2.22. The molecule has 2 rings (SSSR count). The smallest absolute Gasteiger partial charge is 0.0399 e. The molecule has 1 aromatic rings. The summed E-state index contributed by atoms with van der Waals surface area (Å²) in [6, 6.07) is 8.56. The van der Waals surface area contributed by atoms with Gasteiger partial charge in [0.2, 0.25) is 0 Å². The van der Waals surface area contributed by atoms with Crippen molar-refractivity contribution in [2.45, 2.75) is 13.8 Å². The van der Waals surface area contributed by atoms with E-state index in [2.05, 4.69) is 49.6 Å². The Bertz CT molecular complexity index is 354. The summed E-state index contributed by atoms with van der Waals surface area (Å²) >= 11 is 0. The zero-order valence-corrected chi connectivity index (χ0v) is 8.96. The molecule has 0 spiro atoms. The molecule has 0 saturated carbocycles. The minimum absolute atomic E-state index is 0.634. The van der Waals surface area contributed by atoms with Crippen molar-refractivity contribution in [2.24, 2.45) is 5.92 Å². The Balaban J connectivity index is 2.25. The average Bonchev–Trinajstić information content (AvgIpc) is 2.48. The van der Waals surface area contributed by atoms with E-state index in [0.717, 1.165) is 13.1 Å². The van der Waals surface area contributed by atoms with Gasteiger partial charge < -0.3 is 4.90 Å². The Kier molecular flexibility index (Phi) is 2.32. The second kappa shape index (κ2) is 3.49. The fraction of sp³-hybridized carbons (Fsp3) is 0.385. The Labute approximate surface area is 86.1 Å². The van der Waals surface area contributed by atoms with Gasteiger partial charge in [0.05, 0.1) is 0 Å². The van der Waals surface area contributed by atoms with Gasteiger partial charge in [-0.05, 0) is 24.5 Å². The molecule has 0 radical (unpaired) electrons. The highest BCUT2D eigenvalue weighted by molar-refractivity contribution is 5.55. The summed E-state index contributed by atoms with van der Waals surface area (Å²) in [5.74, 6) is 0.634. The Morgan fingerprint density at radius 2 is 2.07 bits per heavy atom. The third-order valence-electron chi connectivity index (χ3n) is 3.04. The molecule has 1 unspecified atom stereocenters. The van der Waals surface area contributed by atoms with Crippen LogP contribution in [0.4, 0.5) is 5.69 Å². The van der Waals surface area contributed by atoms with Crippen LogP contribution in [0.1, 0.15) is 12.5 Å². The zero-order chi connectivity index (χ0) is 10.1. The molecule has 74 valence electrons. The van der Waals surface area contributed by atoms with Crippen LogP contribution in [0, 0.1) is 12.8 Å². The molecule has 0 aromatic heterocycles. The molecule has 1 saturated heterocycles. The number of para-hydroxylation sites is 1. The standard InChI is InChI=1S/C13H17N/c1-10-6-4-5-7-13(10)14-8-11(2)12(3)9-14/h4-7,12H,2,8-9H2,1,3H3. The molecule has 1 aliphatic heterocycles. The highest BCUT2D eigenvalue weighted by Crippen LogP contribution is 2.28. The van der Waals surface area contributed by atoms with Gasteiger partial charge in [-0.15, -0.1) is 0 Å². The van der Waals surface area contributed by atoms with E-state index >= 15 is 0 Å². The Morgan fingerprint density at radius 3 is 2.64 bits per heavy atom. The van der Waals surface area contributed by atoms with Gasteiger partial charge in [-0.1, -0.05) is 37.3 Å². The number of hydrogen-bond donors (Lipinski definition) is 0. The van der Waals surface area contributed by atoms with Crippen LogP contribution < -0.4 is 4.90 Å². The lowest BCUT2D eigenvalue weighted by atomic mass is 10.1. The highest BCUT2D eigenvalue weighted by atomic mass is 15.2. The number of benzene rings is 1. The second-order valence-electron chi connectivity index (χ2n) is 4.23. The van der Waals surface area contributed by atoms with Crippen LogP contribution in [0.2, 0.25) is 0 Å². The predicted octanol–water partition coefficient (Wildman–Crippen LogP) is 3.01. The Morgan fingerprint density at radius 1 is 1.36 bits per heavy atom. The summed E-state index contributed by atoms with van der Waals surface area (Å²) in [5.41, 5.74) is 4.07. The quantitative estimate of drug-likeness (QED) is 0.611. The first-order valence-corrected chi connectivity index (χ1v) is 5.16. The topological polar surface area (TPSA) is 3.24 Å². The SMILES string of the molecule is C=C1CN(c2ccccc2C)CC1C. The molecule has 1 atom stereocenters. The third kappa shape index (κ3) is 1.54. The molecule has 1 aromatic carbocycles. The molecule has 0 amide bonds. The van der Waals surface area contributed by atoms with E-state index in [-0.39, 0.29) is 0 Å². The zero-order valence-electron chi connectivity index (χ0n) is 8.96. The number of anilines is 1. The molecular weight excluding hydrogens is 170 g/mol. The molecule has 0 bridgehead atoms. The molecule has 1 fully saturated rings. The molecule has 0 aliphatic carbocycles. The van der Waals surface area contributed by atoms with Crippen LogP contribution in [0.15, 0.2) is 36.4 Å². The van der Waals surface area contributed by atoms with E-state index in [4.69, 9.17) is 0 Å². The number of aryl methyl sites for hydroxylation is 1. The predicted molar refractivity (Wildman–Crippen MR) is 61.7 cm³/mol. The normalized spacial score (nSPS) is 21.7. The van der Waals surface area contributed by atoms with Crippen molar-refractivity contribution in [3.63, 3.8) is 0 Å². The van der Waals surface area contributed by atoms with E-state index in [1.54, 1.807) is 0 Å². The maximum absolute atomic E-state index is 4.10. The number of rotatable bonds is 1. The van der Waals surface area contributed by atoms with Gasteiger partial charge in [0.25, 0.3) is 0 Å². The fourth-order valence-electron chi connectivity index (χ4n) is 2.03. The summed E-state index contributed by atoms with van der Waals surface area (Å²) in [6.45, 7) is 10.7. The van der Waals surface area contributed by atoms with Crippen LogP contribution in [-0.4, -0.2) is 13.1 Å². The van der Waals surface area contributed by atoms with Crippen LogP contribution in [0.5, 0.6) is 0 Å². The molecule has 1 heteroatoms. The number of hydrogen-bond acceptors (Lipinski definition) is 1. The minimum atomic E-state index is 0.634. The van der Waals surface area contributed by atoms with Crippen molar-refractivity contribution >= 4 is 5.69 Å². The van der Waals surface area contributed by atoms with Gasteiger partial charge in [0.15, 0.2) is 0 Å². The maximum atomic E-state index is 4.10. The van der Waals surface area contributed by atoms with Crippen molar-refractivity contribution in [3.8, 4) is 0 Å². The monoisotopic (exact) mass is 187 g/mol. The van der Waals surface area contributed by atoms with Crippen molar-refractivity contribution in [1.29, 1.82) is 0 Å². The molecule has 1 aliphatic rings. The van der Waals surface area contributed by atoms with E-state index < -0.39 is 0 Å². The van der Waals surface area contributed by atoms with Gasteiger partial charge in [-0.25, -0.2) is 0 Å². The molecule has 0 N–H and O–H groups in total.